The molecule has 0 radical (unpaired) electrons. The Bertz CT molecular complexity index is 641. The first kappa shape index (κ1) is 16.6. The van der Waals surface area contributed by atoms with E-state index >= 15 is 0 Å². The van der Waals surface area contributed by atoms with Crippen molar-refractivity contribution < 1.29 is 17.5 Å². The molecule has 1 aliphatic heterocycles. The van der Waals surface area contributed by atoms with E-state index in [4.69, 9.17) is 4.74 Å². The fourth-order valence-electron chi connectivity index (χ4n) is 3.46. The van der Waals surface area contributed by atoms with E-state index in [1.54, 1.807) is 6.07 Å². The first-order chi connectivity index (χ1) is 11.0. The van der Waals surface area contributed by atoms with Crippen LogP contribution >= 0.6 is 0 Å². The highest BCUT2D eigenvalue weighted by atomic mass is 32.2. The minimum Gasteiger partial charge on any atom is -0.488 e. The Balaban J connectivity index is 1.64. The van der Waals surface area contributed by atoms with Crippen LogP contribution in [0.1, 0.15) is 38.5 Å². The Morgan fingerprint density at radius 2 is 1.96 bits per heavy atom. The van der Waals surface area contributed by atoms with Crippen molar-refractivity contribution in [1.82, 2.24) is 0 Å². The highest BCUT2D eigenvalue weighted by Gasteiger charge is 2.25. The second-order valence-electron chi connectivity index (χ2n) is 6.67. The lowest BCUT2D eigenvalue weighted by Gasteiger charge is -2.24. The van der Waals surface area contributed by atoms with E-state index in [0.29, 0.717) is 18.0 Å². The third kappa shape index (κ3) is 4.59. The van der Waals surface area contributed by atoms with Crippen molar-refractivity contribution in [2.24, 2.45) is 5.92 Å². The Hall–Kier alpha value is -1.30. The lowest BCUT2D eigenvalue weighted by atomic mass is 10.1. The van der Waals surface area contributed by atoms with Crippen molar-refractivity contribution in [2.75, 3.05) is 23.4 Å². The zero-order chi connectivity index (χ0) is 16.3. The summed E-state index contributed by atoms with van der Waals surface area (Å²) in [4.78, 5) is 0. The van der Waals surface area contributed by atoms with Crippen molar-refractivity contribution in [3.63, 3.8) is 0 Å². The van der Waals surface area contributed by atoms with E-state index in [1.807, 2.05) is 0 Å². The molecular weight excluding hydrogens is 317 g/mol. The van der Waals surface area contributed by atoms with Crippen LogP contribution in [0.5, 0.6) is 5.75 Å². The molecule has 1 unspecified atom stereocenters. The lowest BCUT2D eigenvalue weighted by Crippen LogP contribution is -2.29. The molecule has 0 amide bonds. The quantitative estimate of drug-likeness (QED) is 0.892. The van der Waals surface area contributed by atoms with Gasteiger partial charge in [0.1, 0.15) is 11.6 Å². The third-order valence-electron chi connectivity index (χ3n) is 4.68. The predicted octanol–water partition coefficient (Wildman–Crippen LogP) is 3.38. The van der Waals surface area contributed by atoms with E-state index < -0.39 is 9.84 Å². The van der Waals surface area contributed by atoms with Crippen LogP contribution in [0, 0.1) is 11.7 Å². The molecule has 6 heteroatoms. The van der Waals surface area contributed by atoms with Gasteiger partial charge >= 0.3 is 0 Å². The molecule has 2 fully saturated rings. The summed E-state index contributed by atoms with van der Waals surface area (Å²) in [5.41, 5.74) is 0.751. The summed E-state index contributed by atoms with van der Waals surface area (Å²) in [7, 11) is -2.90. The fourth-order valence-corrected chi connectivity index (χ4v) is 5.23. The van der Waals surface area contributed by atoms with Crippen LogP contribution in [-0.2, 0) is 9.84 Å². The van der Waals surface area contributed by atoms with Crippen molar-refractivity contribution >= 4 is 15.5 Å². The monoisotopic (exact) mass is 341 g/mol. The van der Waals surface area contributed by atoms with Crippen molar-refractivity contribution in [3.05, 3.63) is 24.0 Å². The van der Waals surface area contributed by atoms with Crippen molar-refractivity contribution in [3.8, 4) is 5.75 Å². The summed E-state index contributed by atoms with van der Waals surface area (Å²) in [5, 5.41) is 3.27. The van der Waals surface area contributed by atoms with Gasteiger partial charge in [-0.15, -0.1) is 0 Å². The van der Waals surface area contributed by atoms with Gasteiger partial charge in [-0.2, -0.15) is 0 Å². The number of rotatable bonds is 5. The van der Waals surface area contributed by atoms with Gasteiger partial charge in [0.05, 0.1) is 23.3 Å². The Kier molecular flexibility index (Phi) is 5.09. The molecule has 1 aromatic rings. The summed E-state index contributed by atoms with van der Waals surface area (Å²) in [5.74, 6) is 0.869. The average molecular weight is 341 g/mol. The number of benzene rings is 1. The minimum atomic E-state index is -2.90. The normalized spacial score (nSPS) is 24.5. The summed E-state index contributed by atoms with van der Waals surface area (Å²) in [6.45, 7) is 0.575. The predicted molar refractivity (Wildman–Crippen MR) is 89.2 cm³/mol. The van der Waals surface area contributed by atoms with E-state index in [0.717, 1.165) is 44.2 Å². The summed E-state index contributed by atoms with van der Waals surface area (Å²) in [6, 6.07) is 4.50. The smallest absolute Gasteiger partial charge is 0.150 e. The van der Waals surface area contributed by atoms with Crippen LogP contribution in [0.4, 0.5) is 10.1 Å². The molecule has 1 aromatic carbocycles. The maximum atomic E-state index is 13.5. The van der Waals surface area contributed by atoms with Crippen LogP contribution in [0.2, 0.25) is 0 Å². The van der Waals surface area contributed by atoms with Crippen LogP contribution in [0.25, 0.3) is 0 Å². The average Bonchev–Trinajstić information content (AvgIpc) is 2.98. The van der Waals surface area contributed by atoms with Crippen molar-refractivity contribution in [1.29, 1.82) is 0 Å². The number of hydrogen-bond acceptors (Lipinski definition) is 4. The molecule has 1 heterocycles. The van der Waals surface area contributed by atoms with Gasteiger partial charge < -0.3 is 10.1 Å². The molecule has 0 spiro atoms. The van der Waals surface area contributed by atoms with Crippen LogP contribution in [0.15, 0.2) is 18.2 Å². The zero-order valence-electron chi connectivity index (χ0n) is 13.3. The molecule has 3 rings (SSSR count). The van der Waals surface area contributed by atoms with Crippen LogP contribution < -0.4 is 10.1 Å². The van der Waals surface area contributed by atoms with Crippen molar-refractivity contribution in [2.45, 2.75) is 44.6 Å². The Morgan fingerprint density at radius 1 is 1.17 bits per heavy atom. The molecule has 4 nitrogen and oxygen atoms in total. The second-order valence-corrected chi connectivity index (χ2v) is 8.90. The first-order valence-electron chi connectivity index (χ1n) is 8.42. The van der Waals surface area contributed by atoms with E-state index in [1.165, 1.54) is 12.1 Å². The molecule has 1 N–H and O–H groups in total. The molecule has 1 atom stereocenters. The molecule has 1 saturated carbocycles. The summed E-state index contributed by atoms with van der Waals surface area (Å²) >= 11 is 0. The fraction of sp³-hybridized carbons (Fsp3) is 0.647. The van der Waals surface area contributed by atoms with E-state index in [2.05, 4.69) is 5.32 Å². The second kappa shape index (κ2) is 7.07. The zero-order valence-corrected chi connectivity index (χ0v) is 14.1. The molecule has 23 heavy (non-hydrogen) atoms. The Morgan fingerprint density at radius 3 is 2.70 bits per heavy atom. The highest BCUT2D eigenvalue weighted by Crippen LogP contribution is 2.31. The molecule has 0 aromatic heterocycles. The maximum Gasteiger partial charge on any atom is 0.150 e. The van der Waals surface area contributed by atoms with E-state index in [-0.39, 0.29) is 23.6 Å². The molecule has 0 bridgehead atoms. The number of sulfone groups is 1. The number of nitrogens with one attached hydrogen (secondary N) is 1. The highest BCUT2D eigenvalue weighted by molar-refractivity contribution is 7.91. The first-order valence-corrected chi connectivity index (χ1v) is 10.2. The molecule has 2 aliphatic rings. The SMILES string of the molecule is O=S1(=O)CCCC(CNc2ccc(F)cc2OC2CCCC2)C1. The molecule has 1 aliphatic carbocycles. The number of ether oxygens (including phenoxy) is 1. The molecule has 128 valence electrons. The van der Waals surface area contributed by atoms with Gasteiger partial charge in [-0.05, 0) is 56.6 Å². The minimum absolute atomic E-state index is 0.109. The number of anilines is 1. The van der Waals surface area contributed by atoms with Gasteiger partial charge in [-0.1, -0.05) is 0 Å². The maximum absolute atomic E-state index is 13.5. The van der Waals surface area contributed by atoms with E-state index in [9.17, 15) is 12.8 Å². The molecule has 1 saturated heterocycles. The summed E-state index contributed by atoms with van der Waals surface area (Å²) < 4.78 is 42.9. The van der Waals surface area contributed by atoms with Gasteiger partial charge in [0, 0.05) is 12.6 Å². The largest absolute Gasteiger partial charge is 0.488 e. The van der Waals surface area contributed by atoms with Gasteiger partial charge in [-0.3, -0.25) is 0 Å². The Labute approximate surface area is 137 Å². The van der Waals surface area contributed by atoms with Gasteiger partial charge in [0.15, 0.2) is 9.84 Å². The summed E-state index contributed by atoms with van der Waals surface area (Å²) in [6.07, 6.45) is 6.13. The van der Waals surface area contributed by atoms with Gasteiger partial charge in [0.2, 0.25) is 0 Å². The standard InChI is InChI=1S/C17H24FNO3S/c18-14-7-8-16(17(10-14)22-15-5-1-2-6-15)19-11-13-4-3-9-23(20,21)12-13/h7-8,10,13,15,19H,1-6,9,11-12H2. The van der Waals surface area contributed by atoms with Crippen LogP contribution in [-0.4, -0.2) is 32.6 Å². The van der Waals surface area contributed by atoms with Gasteiger partial charge in [-0.25, -0.2) is 12.8 Å². The third-order valence-corrected chi connectivity index (χ3v) is 6.57. The topological polar surface area (TPSA) is 55.4 Å². The lowest BCUT2D eigenvalue weighted by molar-refractivity contribution is 0.210. The number of halogens is 1. The van der Waals surface area contributed by atoms with Gasteiger partial charge in [0.25, 0.3) is 0 Å². The van der Waals surface area contributed by atoms with Crippen LogP contribution in [0.3, 0.4) is 0 Å². The molecular formula is C17H24FNO3S. The number of hydrogen-bond donors (Lipinski definition) is 1.